The number of nitriles is 1. The van der Waals surface area contributed by atoms with Gasteiger partial charge in [0.2, 0.25) is 0 Å². The minimum atomic E-state index is -0.0463. The summed E-state index contributed by atoms with van der Waals surface area (Å²) in [5, 5.41) is 19.8. The zero-order valence-corrected chi connectivity index (χ0v) is 9.96. The van der Waals surface area contributed by atoms with Gasteiger partial charge in [0.25, 0.3) is 0 Å². The van der Waals surface area contributed by atoms with Crippen LogP contribution in [-0.2, 0) is 0 Å². The number of hydrogen-bond donors (Lipinski definition) is 2. The first-order valence-corrected chi connectivity index (χ1v) is 5.55. The molecular weight excluding hydrogens is 226 g/mol. The molecule has 2 rings (SSSR count). The Balaban J connectivity index is 2.25. The summed E-state index contributed by atoms with van der Waals surface area (Å²) in [5.41, 5.74) is 8.04. The van der Waals surface area contributed by atoms with Crippen molar-refractivity contribution in [3.05, 3.63) is 47.7 Å². The van der Waals surface area contributed by atoms with E-state index in [1.54, 1.807) is 6.07 Å². The summed E-state index contributed by atoms with van der Waals surface area (Å²) in [6, 6.07) is 11.2. The van der Waals surface area contributed by atoms with Crippen LogP contribution in [0.25, 0.3) is 0 Å². The fourth-order valence-corrected chi connectivity index (χ4v) is 1.72. The van der Waals surface area contributed by atoms with Gasteiger partial charge in [-0.2, -0.15) is 10.4 Å². The second-order valence-corrected chi connectivity index (χ2v) is 3.90. The molecular formula is C13H13N5. The van der Waals surface area contributed by atoms with Crippen molar-refractivity contribution in [2.75, 3.05) is 11.1 Å². The van der Waals surface area contributed by atoms with E-state index in [1.165, 1.54) is 6.20 Å². The van der Waals surface area contributed by atoms with Crippen LogP contribution in [-0.4, -0.2) is 10.2 Å². The Morgan fingerprint density at radius 1 is 1.33 bits per heavy atom. The topological polar surface area (TPSA) is 87.6 Å². The van der Waals surface area contributed by atoms with Gasteiger partial charge in [0, 0.05) is 5.69 Å². The Labute approximate surface area is 105 Å². The molecule has 0 bridgehead atoms. The molecule has 1 unspecified atom stereocenters. The van der Waals surface area contributed by atoms with Gasteiger partial charge in [-0.25, -0.2) is 0 Å². The molecule has 2 aromatic rings. The average Bonchev–Trinajstić information content (AvgIpc) is 2.39. The van der Waals surface area contributed by atoms with Gasteiger partial charge in [0.1, 0.15) is 6.07 Å². The Hall–Kier alpha value is -2.61. The number of aromatic nitrogens is 2. The molecule has 3 N–H and O–H groups in total. The molecule has 90 valence electrons. The van der Waals surface area contributed by atoms with E-state index < -0.39 is 0 Å². The Kier molecular flexibility index (Phi) is 3.39. The molecule has 1 aromatic carbocycles. The third-order valence-electron chi connectivity index (χ3n) is 2.66. The first kappa shape index (κ1) is 11.9. The third-order valence-corrected chi connectivity index (χ3v) is 2.66. The smallest absolute Gasteiger partial charge is 0.167 e. The van der Waals surface area contributed by atoms with Crippen LogP contribution in [0.4, 0.5) is 11.5 Å². The van der Waals surface area contributed by atoms with Crippen LogP contribution in [0.2, 0.25) is 0 Å². The fourth-order valence-electron chi connectivity index (χ4n) is 1.72. The van der Waals surface area contributed by atoms with Crippen LogP contribution in [0.3, 0.4) is 0 Å². The van der Waals surface area contributed by atoms with Gasteiger partial charge in [-0.3, -0.25) is 0 Å². The van der Waals surface area contributed by atoms with Gasteiger partial charge < -0.3 is 11.1 Å². The van der Waals surface area contributed by atoms with E-state index in [2.05, 4.69) is 21.6 Å². The molecule has 0 aliphatic rings. The van der Waals surface area contributed by atoms with Crippen LogP contribution in [0, 0.1) is 11.3 Å². The van der Waals surface area contributed by atoms with Crippen LogP contribution >= 0.6 is 0 Å². The van der Waals surface area contributed by atoms with E-state index in [-0.39, 0.29) is 6.04 Å². The lowest BCUT2D eigenvalue weighted by Crippen LogP contribution is -2.11. The molecule has 0 fully saturated rings. The maximum Gasteiger partial charge on any atom is 0.167 e. The van der Waals surface area contributed by atoms with Crippen LogP contribution in [0.5, 0.6) is 0 Å². The predicted molar refractivity (Wildman–Crippen MR) is 69.6 cm³/mol. The number of nitrogens with zero attached hydrogens (tertiary/aromatic N) is 3. The van der Waals surface area contributed by atoms with E-state index in [0.29, 0.717) is 17.1 Å². The van der Waals surface area contributed by atoms with Crippen molar-refractivity contribution in [3.8, 4) is 6.07 Å². The zero-order chi connectivity index (χ0) is 13.0. The van der Waals surface area contributed by atoms with Crippen LogP contribution in [0.1, 0.15) is 24.1 Å². The summed E-state index contributed by atoms with van der Waals surface area (Å²) in [5.74, 6) is 0.468. The van der Waals surface area contributed by atoms with E-state index in [0.717, 1.165) is 5.56 Å². The van der Waals surface area contributed by atoms with Gasteiger partial charge in [-0.15, -0.1) is 5.10 Å². The average molecular weight is 239 g/mol. The molecule has 5 heteroatoms. The minimum Gasteiger partial charge on any atom is -0.398 e. The van der Waals surface area contributed by atoms with Gasteiger partial charge >= 0.3 is 0 Å². The molecule has 18 heavy (non-hydrogen) atoms. The molecule has 0 saturated carbocycles. The number of nitrogen functional groups attached to an aromatic ring is 1. The Bertz CT molecular complexity index is 588. The molecule has 1 aromatic heterocycles. The summed E-state index contributed by atoms with van der Waals surface area (Å²) in [6.07, 6.45) is 1.49. The number of hydrogen-bond acceptors (Lipinski definition) is 5. The summed E-state index contributed by atoms with van der Waals surface area (Å²) < 4.78 is 0. The highest BCUT2D eigenvalue weighted by Crippen LogP contribution is 2.23. The van der Waals surface area contributed by atoms with Gasteiger partial charge in [0.15, 0.2) is 5.82 Å². The molecule has 0 aliphatic heterocycles. The maximum atomic E-state index is 8.97. The fraction of sp³-hybridized carbons (Fsp3) is 0.154. The highest BCUT2D eigenvalue weighted by atomic mass is 15.2. The molecule has 0 saturated heterocycles. The van der Waals surface area contributed by atoms with E-state index in [9.17, 15) is 0 Å². The highest BCUT2D eigenvalue weighted by Gasteiger charge is 2.11. The highest BCUT2D eigenvalue weighted by molar-refractivity contribution is 5.55. The second kappa shape index (κ2) is 5.15. The van der Waals surface area contributed by atoms with E-state index in [1.807, 2.05) is 31.2 Å². The Morgan fingerprint density at radius 3 is 2.83 bits per heavy atom. The molecule has 0 radical (unpaired) electrons. The SMILES string of the molecule is CC(Nc1nnccc1C#N)c1ccccc1N. The second-order valence-electron chi connectivity index (χ2n) is 3.90. The first-order chi connectivity index (χ1) is 8.72. The van der Waals surface area contributed by atoms with E-state index >= 15 is 0 Å². The lowest BCUT2D eigenvalue weighted by molar-refractivity contribution is 0.861. The summed E-state index contributed by atoms with van der Waals surface area (Å²) in [6.45, 7) is 1.96. The zero-order valence-electron chi connectivity index (χ0n) is 9.96. The van der Waals surface area contributed by atoms with Crippen molar-refractivity contribution >= 4 is 11.5 Å². The van der Waals surface area contributed by atoms with Crippen molar-refractivity contribution in [2.45, 2.75) is 13.0 Å². The molecule has 0 amide bonds. The normalized spacial score (nSPS) is 11.6. The molecule has 0 spiro atoms. The summed E-state index contributed by atoms with van der Waals surface area (Å²) >= 11 is 0. The number of anilines is 2. The first-order valence-electron chi connectivity index (χ1n) is 5.55. The number of nitrogens with two attached hydrogens (primary N) is 1. The number of benzene rings is 1. The lowest BCUT2D eigenvalue weighted by Gasteiger charge is -2.16. The van der Waals surface area contributed by atoms with E-state index in [4.69, 9.17) is 11.0 Å². The predicted octanol–water partition coefficient (Wildman–Crippen LogP) is 2.10. The van der Waals surface area contributed by atoms with Crippen molar-refractivity contribution < 1.29 is 0 Å². The van der Waals surface area contributed by atoms with Gasteiger partial charge in [-0.1, -0.05) is 18.2 Å². The van der Waals surface area contributed by atoms with Crippen LogP contribution < -0.4 is 11.1 Å². The lowest BCUT2D eigenvalue weighted by atomic mass is 10.1. The molecule has 5 nitrogen and oxygen atoms in total. The third kappa shape index (κ3) is 2.38. The summed E-state index contributed by atoms with van der Waals surface area (Å²) in [4.78, 5) is 0. The molecule has 1 heterocycles. The van der Waals surface area contributed by atoms with Gasteiger partial charge in [0.05, 0.1) is 17.8 Å². The van der Waals surface area contributed by atoms with Gasteiger partial charge in [-0.05, 0) is 24.6 Å². The molecule has 0 aliphatic carbocycles. The largest absolute Gasteiger partial charge is 0.398 e. The Morgan fingerprint density at radius 2 is 2.11 bits per heavy atom. The number of nitrogens with one attached hydrogen (secondary N) is 1. The standard InChI is InChI=1S/C13H13N5/c1-9(11-4-2-3-5-12(11)15)17-13-10(8-14)6-7-16-18-13/h2-7,9H,15H2,1H3,(H,17,18). The van der Waals surface area contributed by atoms with Crippen molar-refractivity contribution in [1.29, 1.82) is 5.26 Å². The number of rotatable bonds is 3. The maximum absolute atomic E-state index is 8.97. The van der Waals surface area contributed by atoms with Crippen molar-refractivity contribution in [1.82, 2.24) is 10.2 Å². The number of para-hydroxylation sites is 1. The minimum absolute atomic E-state index is 0.0463. The van der Waals surface area contributed by atoms with Crippen LogP contribution in [0.15, 0.2) is 36.5 Å². The van der Waals surface area contributed by atoms with Crippen molar-refractivity contribution in [3.63, 3.8) is 0 Å². The van der Waals surface area contributed by atoms with Crippen molar-refractivity contribution in [2.24, 2.45) is 0 Å². The monoisotopic (exact) mass is 239 g/mol. The summed E-state index contributed by atoms with van der Waals surface area (Å²) in [7, 11) is 0. The quantitative estimate of drug-likeness (QED) is 0.801. The molecule has 1 atom stereocenters.